The smallest absolute Gasteiger partial charge is 0.236 e. The van der Waals surface area contributed by atoms with Crippen molar-refractivity contribution in [2.45, 2.75) is 26.0 Å². The van der Waals surface area contributed by atoms with Crippen LogP contribution in [0.15, 0.2) is 24.3 Å². The highest BCUT2D eigenvalue weighted by Gasteiger charge is 2.10. The number of benzene rings is 1. The van der Waals surface area contributed by atoms with Crippen LogP contribution in [-0.2, 0) is 4.79 Å². The van der Waals surface area contributed by atoms with E-state index in [1.165, 1.54) is 0 Å². The highest BCUT2D eigenvalue weighted by molar-refractivity contribution is 6.32. The van der Waals surface area contributed by atoms with Crippen molar-refractivity contribution in [1.29, 1.82) is 0 Å². The normalized spacial score (nSPS) is 13.1. The Labute approximate surface area is 118 Å². The van der Waals surface area contributed by atoms with E-state index in [4.69, 9.17) is 22.1 Å². The number of ether oxygens (including phenoxy) is 1. The SMILES string of the molecule is CC(CNC(=O)[C@@H](C)N)Oc1ccccc1Cl.Cl. The van der Waals surface area contributed by atoms with Gasteiger partial charge in [0.25, 0.3) is 0 Å². The van der Waals surface area contributed by atoms with E-state index < -0.39 is 6.04 Å². The molecule has 0 aliphatic heterocycles. The van der Waals surface area contributed by atoms with Gasteiger partial charge in [0, 0.05) is 0 Å². The van der Waals surface area contributed by atoms with E-state index in [9.17, 15) is 4.79 Å². The average Bonchev–Trinajstić information content (AvgIpc) is 2.29. The van der Waals surface area contributed by atoms with Crippen molar-refractivity contribution >= 4 is 29.9 Å². The summed E-state index contributed by atoms with van der Waals surface area (Å²) in [5.74, 6) is 0.413. The van der Waals surface area contributed by atoms with E-state index in [0.29, 0.717) is 17.3 Å². The van der Waals surface area contributed by atoms with Gasteiger partial charge in [-0.2, -0.15) is 0 Å². The highest BCUT2D eigenvalue weighted by Crippen LogP contribution is 2.23. The van der Waals surface area contributed by atoms with Gasteiger partial charge in [-0.3, -0.25) is 4.79 Å². The number of rotatable bonds is 5. The number of hydrogen-bond acceptors (Lipinski definition) is 3. The molecule has 0 aliphatic rings. The minimum absolute atomic E-state index is 0. The average molecular weight is 293 g/mol. The van der Waals surface area contributed by atoms with Gasteiger partial charge in [0.1, 0.15) is 11.9 Å². The molecule has 18 heavy (non-hydrogen) atoms. The van der Waals surface area contributed by atoms with Crippen molar-refractivity contribution in [3.05, 3.63) is 29.3 Å². The molecule has 1 amide bonds. The molecule has 1 rings (SSSR count). The maximum Gasteiger partial charge on any atom is 0.236 e. The summed E-state index contributed by atoms with van der Waals surface area (Å²) in [4.78, 5) is 11.2. The summed E-state index contributed by atoms with van der Waals surface area (Å²) < 4.78 is 5.59. The molecule has 0 heterocycles. The van der Waals surface area contributed by atoms with Crippen LogP contribution in [0.4, 0.5) is 0 Å². The summed E-state index contributed by atoms with van der Waals surface area (Å²) in [7, 11) is 0. The molecule has 0 spiro atoms. The maximum absolute atomic E-state index is 11.2. The van der Waals surface area contributed by atoms with Crippen molar-refractivity contribution in [3.8, 4) is 5.75 Å². The zero-order chi connectivity index (χ0) is 12.8. The highest BCUT2D eigenvalue weighted by atomic mass is 35.5. The predicted octanol–water partition coefficient (Wildman–Crippen LogP) is 1.99. The van der Waals surface area contributed by atoms with Gasteiger partial charge in [0.2, 0.25) is 5.91 Å². The van der Waals surface area contributed by atoms with Gasteiger partial charge in [-0.25, -0.2) is 0 Å². The standard InChI is InChI=1S/C12H17ClN2O2.ClH/c1-8(7-15-12(16)9(2)14)17-11-6-4-3-5-10(11)13;/h3-6,8-9H,7,14H2,1-2H3,(H,15,16);1H/t8?,9-;/m1./s1. The number of para-hydroxylation sites is 1. The molecule has 1 aromatic rings. The first kappa shape index (κ1) is 17.0. The van der Waals surface area contributed by atoms with E-state index in [1.54, 1.807) is 19.1 Å². The Balaban J connectivity index is 0.00000289. The van der Waals surface area contributed by atoms with Crippen LogP contribution in [0.3, 0.4) is 0 Å². The Bertz CT molecular complexity index is 386. The van der Waals surface area contributed by atoms with E-state index >= 15 is 0 Å². The molecule has 0 bridgehead atoms. The largest absolute Gasteiger partial charge is 0.487 e. The third-order valence-corrected chi connectivity index (χ3v) is 2.45. The van der Waals surface area contributed by atoms with Gasteiger partial charge < -0.3 is 15.8 Å². The maximum atomic E-state index is 11.2. The van der Waals surface area contributed by atoms with Crippen LogP contribution >= 0.6 is 24.0 Å². The predicted molar refractivity (Wildman–Crippen MR) is 75.4 cm³/mol. The first-order chi connectivity index (χ1) is 8.00. The van der Waals surface area contributed by atoms with Crippen molar-refractivity contribution in [2.24, 2.45) is 5.73 Å². The van der Waals surface area contributed by atoms with Crippen LogP contribution in [0.5, 0.6) is 5.75 Å². The van der Waals surface area contributed by atoms with Crippen molar-refractivity contribution in [3.63, 3.8) is 0 Å². The van der Waals surface area contributed by atoms with Crippen LogP contribution in [0.25, 0.3) is 0 Å². The molecule has 102 valence electrons. The van der Waals surface area contributed by atoms with Crippen LogP contribution in [0.1, 0.15) is 13.8 Å². The number of amides is 1. The Hall–Kier alpha value is -0.970. The Morgan fingerprint density at radius 1 is 1.44 bits per heavy atom. The summed E-state index contributed by atoms with van der Waals surface area (Å²) in [5.41, 5.74) is 5.42. The Morgan fingerprint density at radius 3 is 2.61 bits per heavy atom. The molecule has 0 fully saturated rings. The van der Waals surface area contributed by atoms with E-state index in [1.807, 2.05) is 19.1 Å². The lowest BCUT2D eigenvalue weighted by molar-refractivity contribution is -0.122. The topological polar surface area (TPSA) is 64.4 Å². The fourth-order valence-electron chi connectivity index (χ4n) is 1.20. The Kier molecular flexibility index (Phi) is 7.75. The third kappa shape index (κ3) is 5.58. The molecule has 1 aromatic carbocycles. The van der Waals surface area contributed by atoms with Gasteiger partial charge in [-0.15, -0.1) is 12.4 Å². The van der Waals surface area contributed by atoms with Crippen LogP contribution in [0.2, 0.25) is 5.02 Å². The van der Waals surface area contributed by atoms with E-state index in [2.05, 4.69) is 5.32 Å². The minimum atomic E-state index is -0.512. The summed E-state index contributed by atoms with van der Waals surface area (Å²) in [6, 6.07) is 6.70. The van der Waals surface area contributed by atoms with Crippen molar-refractivity contribution in [1.82, 2.24) is 5.32 Å². The molecule has 3 N–H and O–H groups in total. The first-order valence-electron chi connectivity index (χ1n) is 5.45. The third-order valence-electron chi connectivity index (χ3n) is 2.14. The Morgan fingerprint density at radius 2 is 2.06 bits per heavy atom. The molecule has 0 aliphatic carbocycles. The molecule has 0 aromatic heterocycles. The van der Waals surface area contributed by atoms with Gasteiger partial charge >= 0.3 is 0 Å². The van der Waals surface area contributed by atoms with Crippen molar-refractivity contribution < 1.29 is 9.53 Å². The molecule has 0 radical (unpaired) electrons. The molecular weight excluding hydrogens is 275 g/mol. The summed E-state index contributed by atoms with van der Waals surface area (Å²) in [6.45, 7) is 3.88. The van der Waals surface area contributed by atoms with Gasteiger partial charge in [-0.1, -0.05) is 23.7 Å². The first-order valence-corrected chi connectivity index (χ1v) is 5.83. The quantitative estimate of drug-likeness (QED) is 0.872. The van der Waals surface area contributed by atoms with E-state index in [0.717, 1.165) is 0 Å². The number of halogens is 2. The molecule has 4 nitrogen and oxygen atoms in total. The second-order valence-electron chi connectivity index (χ2n) is 3.89. The molecule has 1 unspecified atom stereocenters. The van der Waals surface area contributed by atoms with Crippen LogP contribution in [0, 0.1) is 0 Å². The van der Waals surface area contributed by atoms with Gasteiger partial charge in [0.15, 0.2) is 0 Å². The lowest BCUT2D eigenvalue weighted by Crippen LogP contribution is -2.42. The number of carbonyl (C=O) groups is 1. The van der Waals surface area contributed by atoms with Gasteiger partial charge in [-0.05, 0) is 26.0 Å². The summed E-state index contributed by atoms with van der Waals surface area (Å²) >= 11 is 5.95. The zero-order valence-electron chi connectivity index (χ0n) is 10.4. The number of nitrogens with two attached hydrogens (primary N) is 1. The second-order valence-corrected chi connectivity index (χ2v) is 4.30. The lowest BCUT2D eigenvalue weighted by atomic mass is 10.3. The molecule has 0 saturated heterocycles. The number of hydrogen-bond donors (Lipinski definition) is 2. The lowest BCUT2D eigenvalue weighted by Gasteiger charge is -2.17. The molecule has 6 heteroatoms. The van der Waals surface area contributed by atoms with Crippen molar-refractivity contribution in [2.75, 3.05) is 6.54 Å². The van der Waals surface area contributed by atoms with Crippen LogP contribution < -0.4 is 15.8 Å². The summed E-state index contributed by atoms with van der Waals surface area (Å²) in [6.07, 6.45) is -0.169. The summed E-state index contributed by atoms with van der Waals surface area (Å²) in [5, 5.41) is 3.24. The second kappa shape index (κ2) is 8.19. The fourth-order valence-corrected chi connectivity index (χ4v) is 1.38. The van der Waals surface area contributed by atoms with Gasteiger partial charge in [0.05, 0.1) is 17.6 Å². The minimum Gasteiger partial charge on any atom is -0.487 e. The zero-order valence-corrected chi connectivity index (χ0v) is 11.9. The molecule has 2 atom stereocenters. The number of carbonyl (C=O) groups excluding carboxylic acids is 1. The fraction of sp³-hybridized carbons (Fsp3) is 0.417. The molecular formula is C12H18Cl2N2O2. The molecule has 0 saturated carbocycles. The monoisotopic (exact) mass is 292 g/mol. The van der Waals surface area contributed by atoms with Crippen LogP contribution in [-0.4, -0.2) is 24.6 Å². The number of nitrogens with one attached hydrogen (secondary N) is 1. The van der Waals surface area contributed by atoms with E-state index in [-0.39, 0.29) is 24.4 Å².